The largest absolute Gasteiger partial charge is 0.361 e. The molecule has 4 heterocycles. The highest BCUT2D eigenvalue weighted by molar-refractivity contribution is 5.96. The average Bonchev–Trinajstić information content (AvgIpc) is 3.24. The minimum atomic E-state index is -0.0780. The zero-order chi connectivity index (χ0) is 18.3. The van der Waals surface area contributed by atoms with E-state index in [0.29, 0.717) is 48.9 Å². The summed E-state index contributed by atoms with van der Waals surface area (Å²) in [6.07, 6.45) is 3.26. The normalized spacial score (nSPS) is 17.3. The molecule has 0 N–H and O–H groups in total. The predicted octanol–water partition coefficient (Wildman–Crippen LogP) is 1.42. The van der Waals surface area contributed by atoms with Gasteiger partial charge in [-0.2, -0.15) is 5.10 Å². The van der Waals surface area contributed by atoms with Crippen LogP contribution in [-0.4, -0.2) is 62.7 Å². The molecule has 2 aromatic rings. The van der Waals surface area contributed by atoms with Gasteiger partial charge in [0, 0.05) is 38.4 Å². The molecule has 0 radical (unpaired) electrons. The molecule has 2 amide bonds. The molecule has 0 unspecified atom stereocenters. The molecule has 0 saturated carbocycles. The van der Waals surface area contributed by atoms with Crippen LogP contribution in [0.15, 0.2) is 10.6 Å². The van der Waals surface area contributed by atoms with Crippen molar-refractivity contribution in [1.29, 1.82) is 0 Å². The third-order valence-electron chi connectivity index (χ3n) is 5.24. The van der Waals surface area contributed by atoms with E-state index in [2.05, 4.69) is 10.3 Å². The molecule has 8 heteroatoms. The summed E-state index contributed by atoms with van der Waals surface area (Å²) in [5.74, 6) is 0.414. The summed E-state index contributed by atoms with van der Waals surface area (Å²) >= 11 is 0. The van der Waals surface area contributed by atoms with Gasteiger partial charge in [0.1, 0.15) is 11.3 Å². The molecular weight excluding hydrogens is 334 g/mol. The molecule has 8 nitrogen and oxygen atoms in total. The summed E-state index contributed by atoms with van der Waals surface area (Å²) in [6, 6.07) is 1.92. The van der Waals surface area contributed by atoms with Crippen LogP contribution in [0.4, 0.5) is 0 Å². The van der Waals surface area contributed by atoms with Crippen molar-refractivity contribution >= 4 is 11.8 Å². The Morgan fingerprint density at radius 2 is 1.69 bits per heavy atom. The van der Waals surface area contributed by atoms with Crippen molar-refractivity contribution in [3.05, 3.63) is 34.5 Å². The minimum Gasteiger partial charge on any atom is -0.361 e. The van der Waals surface area contributed by atoms with Gasteiger partial charge in [-0.15, -0.1) is 0 Å². The first kappa shape index (κ1) is 16.8. The molecule has 138 valence electrons. The van der Waals surface area contributed by atoms with Crippen LogP contribution in [0.2, 0.25) is 0 Å². The van der Waals surface area contributed by atoms with Crippen molar-refractivity contribution in [3.8, 4) is 0 Å². The number of carbonyl (C=O) groups is 2. The number of aromatic nitrogens is 3. The molecule has 0 atom stereocenters. The number of fused-ring (bicyclic) bond motifs is 1. The van der Waals surface area contributed by atoms with Crippen molar-refractivity contribution in [2.75, 3.05) is 26.2 Å². The van der Waals surface area contributed by atoms with Crippen LogP contribution in [0, 0.1) is 13.8 Å². The fraction of sp³-hybridized carbons (Fsp3) is 0.556. The second-order valence-electron chi connectivity index (χ2n) is 6.98. The van der Waals surface area contributed by atoms with Crippen molar-refractivity contribution in [1.82, 2.24) is 24.7 Å². The van der Waals surface area contributed by atoms with Crippen molar-refractivity contribution in [3.63, 3.8) is 0 Å². The fourth-order valence-electron chi connectivity index (χ4n) is 3.74. The summed E-state index contributed by atoms with van der Waals surface area (Å²) < 4.78 is 7.04. The van der Waals surface area contributed by atoms with Crippen LogP contribution < -0.4 is 0 Å². The van der Waals surface area contributed by atoms with Crippen LogP contribution >= 0.6 is 0 Å². The van der Waals surface area contributed by atoms with Crippen LogP contribution in [0.5, 0.6) is 0 Å². The molecule has 2 aliphatic rings. The Hall–Kier alpha value is -2.64. The first-order valence-electron chi connectivity index (χ1n) is 9.13. The van der Waals surface area contributed by atoms with Crippen LogP contribution in [0.1, 0.15) is 50.8 Å². The zero-order valence-corrected chi connectivity index (χ0v) is 15.2. The smallest absolute Gasteiger partial charge is 0.274 e. The van der Waals surface area contributed by atoms with Gasteiger partial charge >= 0.3 is 0 Å². The zero-order valence-electron chi connectivity index (χ0n) is 15.2. The molecule has 26 heavy (non-hydrogen) atoms. The first-order chi connectivity index (χ1) is 12.5. The summed E-state index contributed by atoms with van der Waals surface area (Å²) in [7, 11) is 0. The Bertz CT molecular complexity index is 802. The number of aryl methyl sites for hydroxylation is 4. The van der Waals surface area contributed by atoms with Crippen molar-refractivity contribution < 1.29 is 14.1 Å². The van der Waals surface area contributed by atoms with Gasteiger partial charge in [0.15, 0.2) is 5.69 Å². The number of carbonyl (C=O) groups excluding carboxylic acids is 2. The van der Waals surface area contributed by atoms with E-state index < -0.39 is 0 Å². The Balaban J connectivity index is 1.41. The topological polar surface area (TPSA) is 84.5 Å². The lowest BCUT2D eigenvalue weighted by molar-refractivity contribution is 0.0530. The monoisotopic (exact) mass is 357 g/mol. The third kappa shape index (κ3) is 2.89. The Morgan fingerprint density at radius 1 is 1.00 bits per heavy atom. The molecule has 2 aromatic heterocycles. The average molecular weight is 357 g/mol. The fourth-order valence-corrected chi connectivity index (χ4v) is 3.74. The van der Waals surface area contributed by atoms with Gasteiger partial charge in [0.2, 0.25) is 0 Å². The van der Waals surface area contributed by atoms with E-state index in [1.807, 2.05) is 10.7 Å². The molecule has 0 aliphatic carbocycles. The Kier molecular flexibility index (Phi) is 4.26. The third-order valence-corrected chi connectivity index (χ3v) is 5.24. The molecule has 0 bridgehead atoms. The standard InChI is InChI=1S/C18H23N5O3/c1-12-16(13(2)26-20-12)18(25)22-9-7-21(8-10-22)17(24)15-11-14-5-3-4-6-23(14)19-15/h11H,3-10H2,1-2H3. The maximum Gasteiger partial charge on any atom is 0.274 e. The van der Waals surface area contributed by atoms with Crippen molar-refractivity contribution in [2.24, 2.45) is 0 Å². The van der Waals surface area contributed by atoms with Gasteiger partial charge in [-0.25, -0.2) is 0 Å². The SMILES string of the molecule is Cc1noc(C)c1C(=O)N1CCN(C(=O)c2cc3n(n2)CCCC3)CC1. The van der Waals surface area contributed by atoms with Gasteiger partial charge in [-0.3, -0.25) is 14.3 Å². The van der Waals surface area contributed by atoms with Gasteiger partial charge in [0.25, 0.3) is 11.8 Å². The first-order valence-corrected chi connectivity index (χ1v) is 9.13. The molecule has 1 saturated heterocycles. The molecule has 0 aromatic carbocycles. The lowest BCUT2D eigenvalue weighted by Gasteiger charge is -2.34. The van der Waals surface area contributed by atoms with Crippen LogP contribution in [-0.2, 0) is 13.0 Å². The Morgan fingerprint density at radius 3 is 2.31 bits per heavy atom. The number of rotatable bonds is 2. The van der Waals surface area contributed by atoms with Crippen LogP contribution in [0.3, 0.4) is 0 Å². The summed E-state index contributed by atoms with van der Waals surface area (Å²) in [6.45, 7) is 6.43. The molecule has 4 rings (SSSR count). The number of amides is 2. The van der Waals surface area contributed by atoms with E-state index in [4.69, 9.17) is 4.52 Å². The summed E-state index contributed by atoms with van der Waals surface area (Å²) in [4.78, 5) is 29.0. The lowest BCUT2D eigenvalue weighted by Crippen LogP contribution is -2.50. The highest BCUT2D eigenvalue weighted by atomic mass is 16.5. The lowest BCUT2D eigenvalue weighted by atomic mass is 10.1. The number of hydrogen-bond donors (Lipinski definition) is 0. The van der Waals surface area contributed by atoms with E-state index in [-0.39, 0.29) is 11.8 Å². The molecular formula is C18H23N5O3. The van der Waals surface area contributed by atoms with Crippen molar-refractivity contribution in [2.45, 2.75) is 39.7 Å². The molecule has 2 aliphatic heterocycles. The predicted molar refractivity (Wildman–Crippen MR) is 92.9 cm³/mol. The second-order valence-corrected chi connectivity index (χ2v) is 6.98. The number of hydrogen-bond acceptors (Lipinski definition) is 5. The highest BCUT2D eigenvalue weighted by Crippen LogP contribution is 2.19. The maximum absolute atomic E-state index is 12.8. The minimum absolute atomic E-state index is 0.0451. The quantitative estimate of drug-likeness (QED) is 0.812. The molecule has 1 fully saturated rings. The van der Waals surface area contributed by atoms with E-state index in [9.17, 15) is 9.59 Å². The Labute approximate surface area is 151 Å². The van der Waals surface area contributed by atoms with E-state index in [1.54, 1.807) is 23.6 Å². The van der Waals surface area contributed by atoms with Crippen LogP contribution in [0.25, 0.3) is 0 Å². The molecule has 0 spiro atoms. The van der Waals surface area contributed by atoms with E-state index >= 15 is 0 Å². The van der Waals surface area contributed by atoms with Gasteiger partial charge in [0.05, 0.1) is 5.69 Å². The highest BCUT2D eigenvalue weighted by Gasteiger charge is 2.29. The van der Waals surface area contributed by atoms with Gasteiger partial charge in [-0.05, 0) is 39.2 Å². The maximum atomic E-state index is 12.8. The summed E-state index contributed by atoms with van der Waals surface area (Å²) in [5, 5.41) is 8.32. The summed E-state index contributed by atoms with van der Waals surface area (Å²) in [5.41, 5.74) is 2.81. The van der Waals surface area contributed by atoms with Gasteiger partial charge in [-0.1, -0.05) is 5.16 Å². The van der Waals surface area contributed by atoms with Gasteiger partial charge < -0.3 is 14.3 Å². The second kappa shape index (κ2) is 6.59. The van der Waals surface area contributed by atoms with E-state index in [1.165, 1.54) is 0 Å². The number of piperazine rings is 1. The van der Waals surface area contributed by atoms with E-state index in [0.717, 1.165) is 31.5 Å². The number of nitrogens with zero attached hydrogens (tertiary/aromatic N) is 5.